The fourth-order valence-corrected chi connectivity index (χ4v) is 4.90. The predicted molar refractivity (Wildman–Crippen MR) is 121 cm³/mol. The molecule has 1 aromatic carbocycles. The Morgan fingerprint density at radius 3 is 2.97 bits per heavy atom. The number of likely N-dealkylation sites (tertiary alicyclic amines) is 1. The first-order valence-electron chi connectivity index (χ1n) is 10.2. The minimum atomic E-state index is -0.0749. The van der Waals surface area contributed by atoms with Crippen LogP contribution in [-0.2, 0) is 16.1 Å². The van der Waals surface area contributed by atoms with Crippen LogP contribution in [0.4, 0.5) is 0 Å². The number of ether oxygens (including phenoxy) is 1. The highest BCUT2D eigenvalue weighted by Crippen LogP contribution is 2.23. The summed E-state index contributed by atoms with van der Waals surface area (Å²) < 4.78 is 7.95. The van der Waals surface area contributed by atoms with Gasteiger partial charge in [0.2, 0.25) is 5.91 Å². The van der Waals surface area contributed by atoms with E-state index in [0.29, 0.717) is 41.6 Å². The van der Waals surface area contributed by atoms with Crippen LogP contribution < -0.4 is 5.56 Å². The monoisotopic (exact) mass is 481 g/mol. The van der Waals surface area contributed by atoms with Crippen molar-refractivity contribution in [1.29, 1.82) is 0 Å². The van der Waals surface area contributed by atoms with Crippen LogP contribution in [0, 0.1) is 0 Å². The van der Waals surface area contributed by atoms with Crippen molar-refractivity contribution in [2.45, 2.75) is 57.3 Å². The molecular formula is C21H28BrN3O3S. The molecule has 1 aliphatic rings. The Hall–Kier alpha value is -1.38. The molecule has 1 unspecified atom stereocenters. The smallest absolute Gasteiger partial charge is 0.262 e. The van der Waals surface area contributed by atoms with Crippen LogP contribution in [0.5, 0.6) is 0 Å². The first kappa shape index (κ1) is 22.3. The Morgan fingerprint density at radius 2 is 2.21 bits per heavy atom. The van der Waals surface area contributed by atoms with E-state index < -0.39 is 0 Å². The lowest BCUT2D eigenvalue weighted by molar-refractivity contribution is -0.131. The van der Waals surface area contributed by atoms with Gasteiger partial charge >= 0.3 is 0 Å². The number of piperidine rings is 1. The topological polar surface area (TPSA) is 64.4 Å². The molecule has 0 aliphatic carbocycles. The van der Waals surface area contributed by atoms with Gasteiger partial charge in [0.05, 0.1) is 16.7 Å². The third-order valence-corrected chi connectivity index (χ3v) is 6.66. The SMILES string of the molecule is CCOCCCn1c(SCC(=O)N2CCCCC2C)nc2ccc(Br)cc2c1=O. The lowest BCUT2D eigenvalue weighted by Gasteiger charge is -2.33. The van der Waals surface area contributed by atoms with E-state index in [4.69, 9.17) is 9.72 Å². The van der Waals surface area contributed by atoms with Gasteiger partial charge in [0.25, 0.3) is 5.56 Å². The number of rotatable bonds is 8. The number of hydrogen-bond donors (Lipinski definition) is 0. The van der Waals surface area contributed by atoms with E-state index in [2.05, 4.69) is 22.9 Å². The Bertz CT molecular complexity index is 918. The molecule has 3 rings (SSSR count). The molecule has 0 saturated carbocycles. The quantitative estimate of drug-likeness (QED) is 0.322. The van der Waals surface area contributed by atoms with E-state index in [1.165, 1.54) is 18.2 Å². The zero-order valence-electron chi connectivity index (χ0n) is 17.0. The fraction of sp³-hybridized carbons (Fsp3) is 0.571. The summed E-state index contributed by atoms with van der Waals surface area (Å²) >= 11 is 4.79. The third kappa shape index (κ3) is 5.61. The van der Waals surface area contributed by atoms with Gasteiger partial charge in [-0.05, 0) is 57.7 Å². The number of halogens is 1. The summed E-state index contributed by atoms with van der Waals surface area (Å²) in [5, 5.41) is 1.18. The molecule has 2 aromatic rings. The summed E-state index contributed by atoms with van der Waals surface area (Å²) in [4.78, 5) is 32.5. The number of benzene rings is 1. The maximum atomic E-state index is 13.1. The molecule has 0 N–H and O–H groups in total. The lowest BCUT2D eigenvalue weighted by Crippen LogP contribution is -2.43. The molecule has 0 radical (unpaired) electrons. The van der Waals surface area contributed by atoms with Crippen LogP contribution in [0.2, 0.25) is 0 Å². The van der Waals surface area contributed by atoms with Gasteiger partial charge in [-0.1, -0.05) is 27.7 Å². The van der Waals surface area contributed by atoms with Crippen molar-refractivity contribution >= 4 is 44.5 Å². The number of hydrogen-bond acceptors (Lipinski definition) is 5. The largest absolute Gasteiger partial charge is 0.382 e. The van der Waals surface area contributed by atoms with Gasteiger partial charge < -0.3 is 9.64 Å². The average molecular weight is 482 g/mol. The normalized spacial score (nSPS) is 17.1. The molecule has 0 spiro atoms. The molecule has 1 aromatic heterocycles. The molecule has 1 aliphatic heterocycles. The van der Waals surface area contributed by atoms with Crippen LogP contribution in [0.1, 0.15) is 39.5 Å². The van der Waals surface area contributed by atoms with Gasteiger partial charge in [0, 0.05) is 36.8 Å². The number of carbonyl (C=O) groups excluding carboxylic acids is 1. The van der Waals surface area contributed by atoms with Gasteiger partial charge in [0.1, 0.15) is 0 Å². The molecule has 29 heavy (non-hydrogen) atoms. The standard InChI is InChI=1S/C21H28BrN3O3S/c1-3-28-12-6-11-25-20(27)17-13-16(22)8-9-18(17)23-21(25)29-14-19(26)24-10-5-4-7-15(24)2/h8-9,13,15H,3-7,10-12,14H2,1-2H3. The molecule has 158 valence electrons. The summed E-state index contributed by atoms with van der Waals surface area (Å²) in [5.74, 6) is 0.415. The van der Waals surface area contributed by atoms with Gasteiger partial charge in [0.15, 0.2) is 5.16 Å². The summed E-state index contributed by atoms with van der Waals surface area (Å²) in [6.45, 7) is 6.65. The van der Waals surface area contributed by atoms with Gasteiger partial charge in [-0.15, -0.1) is 0 Å². The number of aromatic nitrogens is 2. The van der Waals surface area contributed by atoms with E-state index in [1.54, 1.807) is 10.6 Å². The highest BCUT2D eigenvalue weighted by Gasteiger charge is 2.23. The fourth-order valence-electron chi connectivity index (χ4n) is 3.63. The van der Waals surface area contributed by atoms with E-state index in [-0.39, 0.29) is 17.5 Å². The van der Waals surface area contributed by atoms with Crippen LogP contribution in [0.3, 0.4) is 0 Å². The first-order valence-corrected chi connectivity index (χ1v) is 12.0. The Labute approximate surface area is 184 Å². The second-order valence-electron chi connectivity index (χ2n) is 7.28. The van der Waals surface area contributed by atoms with Crippen molar-refractivity contribution in [2.24, 2.45) is 0 Å². The molecule has 6 nitrogen and oxygen atoms in total. The zero-order valence-corrected chi connectivity index (χ0v) is 19.4. The van der Waals surface area contributed by atoms with Crippen LogP contribution in [0.15, 0.2) is 32.6 Å². The Morgan fingerprint density at radius 1 is 1.38 bits per heavy atom. The highest BCUT2D eigenvalue weighted by molar-refractivity contribution is 9.10. The molecule has 1 saturated heterocycles. The highest BCUT2D eigenvalue weighted by atomic mass is 79.9. The minimum Gasteiger partial charge on any atom is -0.382 e. The summed E-state index contributed by atoms with van der Waals surface area (Å²) in [5.41, 5.74) is 0.578. The molecule has 1 fully saturated rings. The third-order valence-electron chi connectivity index (χ3n) is 5.20. The second-order valence-corrected chi connectivity index (χ2v) is 9.14. The maximum Gasteiger partial charge on any atom is 0.262 e. The average Bonchev–Trinajstić information content (AvgIpc) is 2.71. The van der Waals surface area contributed by atoms with Crippen molar-refractivity contribution in [3.8, 4) is 0 Å². The lowest BCUT2D eigenvalue weighted by atomic mass is 10.0. The van der Waals surface area contributed by atoms with Crippen LogP contribution >= 0.6 is 27.7 Å². The number of fused-ring (bicyclic) bond motifs is 1. The van der Waals surface area contributed by atoms with Crippen molar-refractivity contribution < 1.29 is 9.53 Å². The Balaban J connectivity index is 1.83. The number of amides is 1. The van der Waals surface area contributed by atoms with Crippen LogP contribution in [-0.4, -0.2) is 51.9 Å². The summed E-state index contributed by atoms with van der Waals surface area (Å²) in [7, 11) is 0. The Kier molecular flexibility index (Phi) is 8.15. The molecule has 1 amide bonds. The molecule has 2 heterocycles. The molecular weight excluding hydrogens is 454 g/mol. The van der Waals surface area contributed by atoms with Gasteiger partial charge in [-0.3, -0.25) is 14.2 Å². The van der Waals surface area contributed by atoms with E-state index >= 15 is 0 Å². The maximum absolute atomic E-state index is 13.1. The molecule has 8 heteroatoms. The zero-order chi connectivity index (χ0) is 20.8. The van der Waals surface area contributed by atoms with Gasteiger partial charge in [-0.25, -0.2) is 4.98 Å². The van der Waals surface area contributed by atoms with E-state index in [1.807, 2.05) is 24.0 Å². The van der Waals surface area contributed by atoms with E-state index in [0.717, 1.165) is 30.3 Å². The van der Waals surface area contributed by atoms with Crippen molar-refractivity contribution in [1.82, 2.24) is 14.5 Å². The van der Waals surface area contributed by atoms with Crippen LogP contribution in [0.25, 0.3) is 10.9 Å². The number of carbonyl (C=O) groups is 1. The summed E-state index contributed by atoms with van der Waals surface area (Å²) in [6, 6.07) is 5.80. The first-order chi connectivity index (χ1) is 14.0. The predicted octanol–water partition coefficient (Wildman–Crippen LogP) is 4.08. The second kappa shape index (κ2) is 10.6. The number of nitrogens with zero attached hydrogens (tertiary/aromatic N) is 3. The molecule has 0 bridgehead atoms. The van der Waals surface area contributed by atoms with E-state index in [9.17, 15) is 9.59 Å². The van der Waals surface area contributed by atoms with Crippen molar-refractivity contribution in [3.05, 3.63) is 33.0 Å². The summed E-state index contributed by atoms with van der Waals surface area (Å²) in [6.07, 6.45) is 4.02. The van der Waals surface area contributed by atoms with Gasteiger partial charge in [-0.2, -0.15) is 0 Å². The molecule has 1 atom stereocenters. The minimum absolute atomic E-state index is 0.0749. The van der Waals surface area contributed by atoms with Crippen molar-refractivity contribution in [3.63, 3.8) is 0 Å². The number of thioether (sulfide) groups is 1. The van der Waals surface area contributed by atoms with Crippen molar-refractivity contribution in [2.75, 3.05) is 25.5 Å².